The first kappa shape index (κ1) is 17.3. The molecule has 8 atom stereocenters. The number of ether oxygens (including phenoxy) is 1. The van der Waals surface area contributed by atoms with Gasteiger partial charge < -0.3 is 9.64 Å². The first-order valence-electron chi connectivity index (χ1n) is 10.9. The van der Waals surface area contributed by atoms with Crippen molar-refractivity contribution in [3.05, 3.63) is 11.6 Å². The topological polar surface area (TPSA) is 29.5 Å². The monoisotopic (exact) mass is 357 g/mol. The summed E-state index contributed by atoms with van der Waals surface area (Å²) in [5, 5.41) is 0. The predicted octanol–water partition coefficient (Wildman–Crippen LogP) is 4.42. The van der Waals surface area contributed by atoms with Crippen LogP contribution in [0.2, 0.25) is 0 Å². The van der Waals surface area contributed by atoms with Crippen molar-refractivity contribution in [1.29, 1.82) is 0 Å². The van der Waals surface area contributed by atoms with Gasteiger partial charge in [-0.25, -0.2) is 0 Å². The largest absolute Gasteiger partial charge is 0.462 e. The van der Waals surface area contributed by atoms with Crippen LogP contribution < -0.4 is 0 Å². The van der Waals surface area contributed by atoms with Crippen molar-refractivity contribution in [2.45, 2.75) is 77.4 Å². The lowest BCUT2D eigenvalue weighted by Crippen LogP contribution is -2.53. The quantitative estimate of drug-likeness (QED) is 0.514. The number of allylic oxidation sites excluding steroid dienone is 1. The van der Waals surface area contributed by atoms with Crippen molar-refractivity contribution in [3.63, 3.8) is 0 Å². The molecule has 1 heterocycles. The molecule has 3 heteroatoms. The Kier molecular flexibility index (Phi) is 3.72. The SMILES string of the molecule is CC1OC(=O)C23CCC4C(CC=C5CC(N(C)C)CCC54C)C2CCC13. The minimum absolute atomic E-state index is 0.122. The molecule has 26 heavy (non-hydrogen) atoms. The van der Waals surface area contributed by atoms with E-state index >= 15 is 0 Å². The molecule has 5 rings (SSSR count). The second-order valence-electron chi connectivity index (χ2n) is 10.5. The van der Waals surface area contributed by atoms with Crippen molar-refractivity contribution in [2.24, 2.45) is 34.5 Å². The molecule has 0 radical (unpaired) electrons. The second-order valence-corrected chi connectivity index (χ2v) is 10.5. The summed E-state index contributed by atoms with van der Waals surface area (Å²) in [5.41, 5.74) is 1.99. The number of nitrogens with zero attached hydrogens (tertiary/aromatic N) is 1. The Labute approximate surface area is 158 Å². The zero-order chi connectivity index (χ0) is 18.3. The van der Waals surface area contributed by atoms with Gasteiger partial charge in [-0.3, -0.25) is 4.79 Å². The van der Waals surface area contributed by atoms with Crippen LogP contribution in [-0.2, 0) is 9.53 Å². The Bertz CT molecular complexity index is 655. The summed E-state index contributed by atoms with van der Waals surface area (Å²) in [7, 11) is 4.46. The molecule has 0 N–H and O–H groups in total. The first-order valence-corrected chi connectivity index (χ1v) is 10.9. The average Bonchev–Trinajstić information content (AvgIpc) is 3.10. The lowest BCUT2D eigenvalue weighted by molar-refractivity contribution is -0.156. The van der Waals surface area contributed by atoms with Crippen molar-refractivity contribution in [1.82, 2.24) is 4.90 Å². The van der Waals surface area contributed by atoms with Gasteiger partial charge in [0, 0.05) is 12.0 Å². The molecule has 0 aromatic heterocycles. The fourth-order valence-corrected chi connectivity index (χ4v) is 8.22. The van der Waals surface area contributed by atoms with Crippen LogP contribution >= 0.6 is 0 Å². The van der Waals surface area contributed by atoms with Crippen LogP contribution in [0.5, 0.6) is 0 Å². The number of carbonyl (C=O) groups excluding carboxylic acids is 1. The number of cyclic esters (lactones) is 1. The van der Waals surface area contributed by atoms with E-state index in [1.54, 1.807) is 5.57 Å². The minimum atomic E-state index is -0.122. The van der Waals surface area contributed by atoms with E-state index in [2.05, 4.69) is 38.9 Å². The third-order valence-electron chi connectivity index (χ3n) is 9.63. The van der Waals surface area contributed by atoms with E-state index in [1.165, 1.54) is 44.9 Å². The highest BCUT2D eigenvalue weighted by atomic mass is 16.6. The van der Waals surface area contributed by atoms with Crippen LogP contribution in [0.3, 0.4) is 0 Å². The smallest absolute Gasteiger partial charge is 0.313 e. The Balaban J connectivity index is 1.48. The van der Waals surface area contributed by atoms with Gasteiger partial charge in [-0.15, -0.1) is 0 Å². The molecule has 1 spiro atoms. The third-order valence-corrected chi connectivity index (χ3v) is 9.63. The summed E-state index contributed by atoms with van der Waals surface area (Å²) in [5.74, 6) is 2.71. The number of hydrogen-bond donors (Lipinski definition) is 0. The number of esters is 1. The number of hydrogen-bond acceptors (Lipinski definition) is 3. The van der Waals surface area contributed by atoms with Gasteiger partial charge in [-0.1, -0.05) is 18.6 Å². The van der Waals surface area contributed by atoms with Crippen molar-refractivity contribution < 1.29 is 9.53 Å². The molecule has 4 aliphatic carbocycles. The van der Waals surface area contributed by atoms with Crippen LogP contribution in [0.4, 0.5) is 0 Å². The van der Waals surface area contributed by atoms with E-state index in [1.807, 2.05) is 0 Å². The highest BCUT2D eigenvalue weighted by Crippen LogP contribution is 2.68. The summed E-state index contributed by atoms with van der Waals surface area (Å²) < 4.78 is 5.78. The van der Waals surface area contributed by atoms with E-state index in [9.17, 15) is 4.79 Å². The molecule has 8 unspecified atom stereocenters. The maximum atomic E-state index is 12.9. The molecule has 0 bridgehead atoms. The van der Waals surface area contributed by atoms with Crippen molar-refractivity contribution in [3.8, 4) is 0 Å². The second kappa shape index (κ2) is 5.59. The van der Waals surface area contributed by atoms with Gasteiger partial charge in [0.15, 0.2) is 0 Å². The molecular formula is C23H35NO2. The molecule has 3 saturated carbocycles. The van der Waals surface area contributed by atoms with Crippen molar-refractivity contribution in [2.75, 3.05) is 14.1 Å². The fourth-order valence-electron chi connectivity index (χ4n) is 8.22. The molecule has 0 aromatic carbocycles. The molecule has 0 aromatic rings. The molecule has 1 aliphatic heterocycles. The summed E-state index contributed by atoms with van der Waals surface area (Å²) in [6, 6.07) is 0.710. The van der Waals surface area contributed by atoms with Crippen LogP contribution in [0, 0.1) is 34.5 Å². The molecular weight excluding hydrogens is 322 g/mol. The van der Waals surface area contributed by atoms with Gasteiger partial charge in [-0.2, -0.15) is 0 Å². The molecule has 4 fully saturated rings. The third kappa shape index (κ3) is 2.02. The molecule has 5 aliphatic rings. The minimum Gasteiger partial charge on any atom is -0.462 e. The average molecular weight is 358 g/mol. The Morgan fingerprint density at radius 2 is 1.85 bits per heavy atom. The van der Waals surface area contributed by atoms with E-state index in [4.69, 9.17) is 4.74 Å². The van der Waals surface area contributed by atoms with E-state index in [-0.39, 0.29) is 17.5 Å². The molecule has 0 amide bonds. The Hall–Kier alpha value is -0.830. The first-order chi connectivity index (χ1) is 12.4. The summed E-state index contributed by atoms with van der Waals surface area (Å²) in [4.78, 5) is 15.4. The summed E-state index contributed by atoms with van der Waals surface area (Å²) >= 11 is 0. The maximum absolute atomic E-state index is 12.9. The zero-order valence-corrected chi connectivity index (χ0v) is 17.0. The number of rotatable bonds is 1. The molecule has 1 saturated heterocycles. The van der Waals surface area contributed by atoms with Crippen molar-refractivity contribution >= 4 is 5.97 Å². The van der Waals surface area contributed by atoms with Crippen LogP contribution in [-0.4, -0.2) is 37.1 Å². The van der Waals surface area contributed by atoms with Gasteiger partial charge in [0.1, 0.15) is 6.10 Å². The Morgan fingerprint density at radius 1 is 1.08 bits per heavy atom. The molecule has 3 nitrogen and oxygen atoms in total. The van der Waals surface area contributed by atoms with Gasteiger partial charge in [0.25, 0.3) is 0 Å². The lowest BCUT2D eigenvalue weighted by atomic mass is 9.47. The van der Waals surface area contributed by atoms with Gasteiger partial charge in [0.2, 0.25) is 0 Å². The summed E-state index contributed by atoms with van der Waals surface area (Å²) in [6.45, 7) is 4.69. The maximum Gasteiger partial charge on any atom is 0.313 e. The lowest BCUT2D eigenvalue weighted by Gasteiger charge is -2.57. The standard InChI is InChI=1S/C23H35NO2/c1-14-18-7-8-20-17-6-5-15-13-16(24(3)4)9-11-22(15,2)19(17)10-12-23(18,20)21(25)26-14/h5,14,16-20H,6-13H2,1-4H3. The van der Waals surface area contributed by atoms with Gasteiger partial charge in [0.05, 0.1) is 5.41 Å². The zero-order valence-electron chi connectivity index (χ0n) is 17.0. The Morgan fingerprint density at radius 3 is 2.62 bits per heavy atom. The van der Waals surface area contributed by atoms with E-state index in [0.29, 0.717) is 29.2 Å². The molecule has 144 valence electrons. The van der Waals surface area contributed by atoms with E-state index in [0.717, 1.165) is 12.3 Å². The summed E-state index contributed by atoms with van der Waals surface area (Å²) in [6.07, 6.45) is 12.6. The number of carbonyl (C=O) groups is 1. The van der Waals surface area contributed by atoms with Crippen LogP contribution in [0.15, 0.2) is 11.6 Å². The van der Waals surface area contributed by atoms with E-state index < -0.39 is 0 Å². The van der Waals surface area contributed by atoms with Crippen LogP contribution in [0.1, 0.15) is 65.2 Å². The highest BCUT2D eigenvalue weighted by molar-refractivity contribution is 5.81. The fraction of sp³-hybridized carbons (Fsp3) is 0.870. The predicted molar refractivity (Wildman–Crippen MR) is 103 cm³/mol. The van der Waals surface area contributed by atoms with Gasteiger partial charge >= 0.3 is 5.97 Å². The normalized spacial score (nSPS) is 52.7. The van der Waals surface area contributed by atoms with Crippen LogP contribution in [0.25, 0.3) is 0 Å². The highest BCUT2D eigenvalue weighted by Gasteiger charge is 2.68. The van der Waals surface area contributed by atoms with Gasteiger partial charge in [-0.05, 0) is 95.6 Å². The number of fused-ring (bicyclic) bond motifs is 4.